The minimum absolute atomic E-state index is 0. The Morgan fingerprint density at radius 3 is 3.04 bits per heavy atom. The van der Waals surface area contributed by atoms with Crippen molar-refractivity contribution in [3.05, 3.63) is 16.1 Å². The molecule has 0 aromatic carbocycles. The lowest BCUT2D eigenvalue weighted by atomic mass is 10.3. The monoisotopic (exact) mass is 468 g/mol. The average molecular weight is 468 g/mol. The van der Waals surface area contributed by atoms with E-state index in [9.17, 15) is 0 Å². The molecule has 1 fully saturated rings. The SMILES string of the molecule is CCNC(=NCCCOC1CCOC1)NCCc1ncc(C)s1.I. The molecular formula is C16H29IN4O2S. The van der Waals surface area contributed by atoms with Gasteiger partial charge in [-0.2, -0.15) is 0 Å². The smallest absolute Gasteiger partial charge is 0.191 e. The average Bonchev–Trinajstić information content (AvgIpc) is 3.19. The van der Waals surface area contributed by atoms with Gasteiger partial charge in [0.1, 0.15) is 0 Å². The number of hydrogen-bond acceptors (Lipinski definition) is 5. The van der Waals surface area contributed by atoms with Crippen molar-refractivity contribution in [3.8, 4) is 0 Å². The molecular weight excluding hydrogens is 439 g/mol. The van der Waals surface area contributed by atoms with Crippen LogP contribution in [0, 0.1) is 6.92 Å². The summed E-state index contributed by atoms with van der Waals surface area (Å²) in [5, 5.41) is 7.79. The van der Waals surface area contributed by atoms with Gasteiger partial charge in [-0.1, -0.05) is 0 Å². The molecule has 2 heterocycles. The Kier molecular flexibility index (Phi) is 11.6. The van der Waals surface area contributed by atoms with Gasteiger partial charge in [-0.3, -0.25) is 4.99 Å². The number of nitrogens with one attached hydrogen (secondary N) is 2. The Morgan fingerprint density at radius 2 is 2.38 bits per heavy atom. The van der Waals surface area contributed by atoms with Gasteiger partial charge in [0.05, 0.1) is 17.7 Å². The van der Waals surface area contributed by atoms with Crippen LogP contribution in [-0.4, -0.2) is 56.5 Å². The quantitative estimate of drug-likeness (QED) is 0.252. The normalized spacial score (nSPS) is 17.6. The highest BCUT2D eigenvalue weighted by atomic mass is 127. The van der Waals surface area contributed by atoms with E-state index in [2.05, 4.69) is 34.5 Å². The third kappa shape index (κ3) is 8.59. The largest absolute Gasteiger partial charge is 0.379 e. The second-order valence-corrected chi connectivity index (χ2v) is 6.83. The van der Waals surface area contributed by atoms with Crippen molar-refractivity contribution in [1.29, 1.82) is 0 Å². The van der Waals surface area contributed by atoms with Crippen molar-refractivity contribution in [2.75, 3.05) is 39.5 Å². The molecule has 0 spiro atoms. The van der Waals surface area contributed by atoms with Gasteiger partial charge in [0.15, 0.2) is 5.96 Å². The molecule has 1 atom stereocenters. The lowest BCUT2D eigenvalue weighted by Gasteiger charge is -2.11. The zero-order valence-electron chi connectivity index (χ0n) is 14.5. The number of rotatable bonds is 9. The highest BCUT2D eigenvalue weighted by Crippen LogP contribution is 2.11. The molecule has 1 aromatic heterocycles. The van der Waals surface area contributed by atoms with Gasteiger partial charge in [0, 0.05) is 50.3 Å². The van der Waals surface area contributed by atoms with Gasteiger partial charge in [-0.15, -0.1) is 35.3 Å². The maximum Gasteiger partial charge on any atom is 0.191 e. The molecule has 0 saturated carbocycles. The molecule has 0 bridgehead atoms. The fraction of sp³-hybridized carbons (Fsp3) is 0.750. The summed E-state index contributed by atoms with van der Waals surface area (Å²) < 4.78 is 11.0. The number of aromatic nitrogens is 1. The van der Waals surface area contributed by atoms with Crippen LogP contribution >= 0.6 is 35.3 Å². The molecule has 138 valence electrons. The molecule has 0 amide bonds. The summed E-state index contributed by atoms with van der Waals surface area (Å²) in [6.07, 6.45) is 5.08. The lowest BCUT2D eigenvalue weighted by Crippen LogP contribution is -2.38. The molecule has 1 aromatic rings. The summed E-state index contributed by atoms with van der Waals surface area (Å²) in [6, 6.07) is 0. The molecule has 24 heavy (non-hydrogen) atoms. The number of thiazole rings is 1. The zero-order chi connectivity index (χ0) is 16.3. The molecule has 1 unspecified atom stereocenters. The molecule has 0 radical (unpaired) electrons. The van der Waals surface area contributed by atoms with E-state index >= 15 is 0 Å². The molecule has 6 nitrogen and oxygen atoms in total. The topological polar surface area (TPSA) is 67.8 Å². The van der Waals surface area contributed by atoms with Crippen LogP contribution in [0.15, 0.2) is 11.2 Å². The molecule has 1 aliphatic heterocycles. The summed E-state index contributed by atoms with van der Waals surface area (Å²) in [5.74, 6) is 0.866. The van der Waals surface area contributed by atoms with Crippen molar-refractivity contribution in [1.82, 2.24) is 15.6 Å². The Hall–Kier alpha value is -0.450. The van der Waals surface area contributed by atoms with Crippen molar-refractivity contribution in [2.45, 2.75) is 39.2 Å². The van der Waals surface area contributed by atoms with Crippen LogP contribution < -0.4 is 10.6 Å². The predicted octanol–water partition coefficient (Wildman–Crippen LogP) is 2.36. The summed E-state index contributed by atoms with van der Waals surface area (Å²) in [5.41, 5.74) is 0. The lowest BCUT2D eigenvalue weighted by molar-refractivity contribution is 0.0424. The third-order valence-corrected chi connectivity index (χ3v) is 4.43. The van der Waals surface area contributed by atoms with Crippen LogP contribution in [0.25, 0.3) is 0 Å². The van der Waals surface area contributed by atoms with Crippen LogP contribution in [0.3, 0.4) is 0 Å². The highest BCUT2D eigenvalue weighted by Gasteiger charge is 2.15. The number of hydrogen-bond donors (Lipinski definition) is 2. The molecule has 2 rings (SSSR count). The first-order valence-corrected chi connectivity index (χ1v) is 9.22. The van der Waals surface area contributed by atoms with E-state index in [1.807, 2.05) is 6.20 Å². The van der Waals surface area contributed by atoms with Crippen LogP contribution in [0.2, 0.25) is 0 Å². The Morgan fingerprint density at radius 1 is 1.50 bits per heavy atom. The van der Waals surface area contributed by atoms with Crippen LogP contribution in [0.5, 0.6) is 0 Å². The summed E-state index contributed by atoms with van der Waals surface area (Å²) in [6.45, 7) is 8.94. The fourth-order valence-corrected chi connectivity index (χ4v) is 3.08. The van der Waals surface area contributed by atoms with E-state index in [0.29, 0.717) is 0 Å². The van der Waals surface area contributed by atoms with E-state index < -0.39 is 0 Å². The summed E-state index contributed by atoms with van der Waals surface area (Å²) in [7, 11) is 0. The molecule has 8 heteroatoms. The molecule has 0 aliphatic carbocycles. The number of guanidine groups is 1. The van der Waals surface area contributed by atoms with Gasteiger partial charge in [0.25, 0.3) is 0 Å². The van der Waals surface area contributed by atoms with Crippen LogP contribution in [0.4, 0.5) is 0 Å². The second-order valence-electron chi connectivity index (χ2n) is 5.51. The van der Waals surface area contributed by atoms with Gasteiger partial charge in [0.2, 0.25) is 0 Å². The van der Waals surface area contributed by atoms with Crippen molar-refractivity contribution >= 4 is 41.3 Å². The van der Waals surface area contributed by atoms with E-state index in [-0.39, 0.29) is 30.1 Å². The summed E-state index contributed by atoms with van der Waals surface area (Å²) in [4.78, 5) is 10.2. The number of ether oxygens (including phenoxy) is 2. The molecule has 1 saturated heterocycles. The number of aryl methyl sites for hydroxylation is 1. The van der Waals surface area contributed by atoms with Crippen molar-refractivity contribution < 1.29 is 9.47 Å². The van der Waals surface area contributed by atoms with E-state index in [1.165, 1.54) is 4.88 Å². The predicted molar refractivity (Wildman–Crippen MR) is 110 cm³/mol. The van der Waals surface area contributed by atoms with Gasteiger partial charge >= 0.3 is 0 Å². The fourth-order valence-electron chi connectivity index (χ4n) is 2.30. The first-order chi connectivity index (χ1) is 11.3. The van der Waals surface area contributed by atoms with E-state index in [0.717, 1.165) is 69.7 Å². The molecule has 2 N–H and O–H groups in total. The third-order valence-electron chi connectivity index (χ3n) is 3.46. The molecule has 1 aliphatic rings. The first kappa shape index (κ1) is 21.6. The number of aliphatic imine (C=N–C) groups is 1. The van der Waals surface area contributed by atoms with Gasteiger partial charge in [-0.05, 0) is 26.7 Å². The zero-order valence-corrected chi connectivity index (χ0v) is 17.7. The maximum atomic E-state index is 5.74. The Bertz CT molecular complexity index is 478. The summed E-state index contributed by atoms with van der Waals surface area (Å²) >= 11 is 1.75. The second kappa shape index (κ2) is 12.8. The van der Waals surface area contributed by atoms with Crippen LogP contribution in [0.1, 0.15) is 29.7 Å². The van der Waals surface area contributed by atoms with Crippen LogP contribution in [-0.2, 0) is 15.9 Å². The van der Waals surface area contributed by atoms with Gasteiger partial charge < -0.3 is 20.1 Å². The first-order valence-electron chi connectivity index (χ1n) is 8.40. The van der Waals surface area contributed by atoms with E-state index in [1.54, 1.807) is 11.3 Å². The highest BCUT2D eigenvalue weighted by molar-refractivity contribution is 14.0. The van der Waals surface area contributed by atoms with E-state index in [4.69, 9.17) is 9.47 Å². The van der Waals surface area contributed by atoms with Gasteiger partial charge in [-0.25, -0.2) is 4.98 Å². The Labute approximate surface area is 165 Å². The maximum absolute atomic E-state index is 5.74. The minimum Gasteiger partial charge on any atom is -0.379 e. The number of nitrogens with zero attached hydrogens (tertiary/aromatic N) is 2. The minimum atomic E-state index is 0. The number of halogens is 1. The Balaban J connectivity index is 0.00000288. The van der Waals surface area contributed by atoms with Crippen molar-refractivity contribution in [3.63, 3.8) is 0 Å². The van der Waals surface area contributed by atoms with Crippen molar-refractivity contribution in [2.24, 2.45) is 4.99 Å². The standard InChI is InChI=1S/C16H28N4O2S.HI/c1-3-17-16(19-8-5-15-20-11-13(2)23-15)18-7-4-9-22-14-6-10-21-12-14;/h11,14H,3-10,12H2,1-2H3,(H2,17,18,19);1H.